The zero-order valence-electron chi connectivity index (χ0n) is 12.3. The fourth-order valence-corrected chi connectivity index (χ4v) is 4.44. The largest absolute Gasteiger partial charge is 0.395 e. The number of rotatable bonds is 4. The van der Waals surface area contributed by atoms with Crippen LogP contribution in [-0.2, 0) is 10.0 Å². The van der Waals surface area contributed by atoms with Crippen molar-refractivity contribution < 1.29 is 13.5 Å². The Kier molecular flexibility index (Phi) is 5.27. The van der Waals surface area contributed by atoms with E-state index >= 15 is 0 Å². The van der Waals surface area contributed by atoms with Gasteiger partial charge < -0.3 is 5.11 Å². The van der Waals surface area contributed by atoms with Crippen LogP contribution in [0.25, 0.3) is 0 Å². The highest BCUT2D eigenvalue weighted by molar-refractivity contribution is 7.89. The van der Waals surface area contributed by atoms with E-state index in [2.05, 4.69) is 4.90 Å². The molecule has 0 unspecified atom stereocenters. The van der Waals surface area contributed by atoms with Crippen LogP contribution in [0, 0.1) is 13.8 Å². The molecule has 0 aliphatic carbocycles. The van der Waals surface area contributed by atoms with Gasteiger partial charge in [-0.2, -0.15) is 4.31 Å². The summed E-state index contributed by atoms with van der Waals surface area (Å²) >= 11 is 6.04. The van der Waals surface area contributed by atoms with E-state index in [1.165, 1.54) is 4.31 Å². The first kappa shape index (κ1) is 16.7. The quantitative estimate of drug-likeness (QED) is 0.901. The lowest BCUT2D eigenvalue weighted by atomic mass is 10.2. The molecule has 21 heavy (non-hydrogen) atoms. The van der Waals surface area contributed by atoms with Crippen LogP contribution < -0.4 is 0 Å². The lowest BCUT2D eigenvalue weighted by Crippen LogP contribution is -2.49. The van der Waals surface area contributed by atoms with Crippen LogP contribution in [0.2, 0.25) is 5.02 Å². The molecule has 1 N–H and O–H groups in total. The summed E-state index contributed by atoms with van der Waals surface area (Å²) in [6.45, 7) is 6.44. The van der Waals surface area contributed by atoms with Crippen molar-refractivity contribution in [3.05, 3.63) is 28.3 Å². The third kappa shape index (κ3) is 3.57. The lowest BCUT2D eigenvalue weighted by Gasteiger charge is -2.33. The molecule has 0 atom stereocenters. The van der Waals surface area contributed by atoms with Crippen LogP contribution in [0.5, 0.6) is 0 Å². The van der Waals surface area contributed by atoms with Gasteiger partial charge in [0.05, 0.1) is 11.5 Å². The van der Waals surface area contributed by atoms with E-state index in [1.54, 1.807) is 26.0 Å². The minimum absolute atomic E-state index is 0.0994. The molecule has 0 spiro atoms. The van der Waals surface area contributed by atoms with Crippen LogP contribution in [0.1, 0.15) is 11.1 Å². The van der Waals surface area contributed by atoms with Gasteiger partial charge in [0, 0.05) is 37.7 Å². The van der Waals surface area contributed by atoms with Crippen LogP contribution in [0.15, 0.2) is 17.0 Å². The zero-order valence-corrected chi connectivity index (χ0v) is 13.9. The van der Waals surface area contributed by atoms with Gasteiger partial charge >= 0.3 is 0 Å². The van der Waals surface area contributed by atoms with Gasteiger partial charge in [0.2, 0.25) is 10.0 Å². The molecule has 118 valence electrons. The van der Waals surface area contributed by atoms with Gasteiger partial charge in [-0.25, -0.2) is 8.42 Å². The Morgan fingerprint density at radius 2 is 1.76 bits per heavy atom. The molecule has 0 bridgehead atoms. The van der Waals surface area contributed by atoms with Gasteiger partial charge in [-0.15, -0.1) is 0 Å². The zero-order chi connectivity index (χ0) is 15.6. The molecule has 1 saturated heterocycles. The molecule has 1 aromatic carbocycles. The number of piperazine rings is 1. The lowest BCUT2D eigenvalue weighted by molar-refractivity contribution is 0.151. The Balaban J connectivity index is 2.22. The maximum atomic E-state index is 12.8. The average molecular weight is 333 g/mol. The molecule has 1 aromatic rings. The monoisotopic (exact) mass is 332 g/mol. The van der Waals surface area contributed by atoms with Crippen molar-refractivity contribution in [2.75, 3.05) is 39.3 Å². The second-order valence-electron chi connectivity index (χ2n) is 5.34. The summed E-state index contributed by atoms with van der Waals surface area (Å²) < 4.78 is 27.0. The van der Waals surface area contributed by atoms with Gasteiger partial charge in [-0.05, 0) is 37.1 Å². The van der Waals surface area contributed by atoms with Crippen LogP contribution in [-0.4, -0.2) is 62.1 Å². The number of β-amino-alcohol motifs (C(OH)–C–C–N with tert-alkyl or cyclic N) is 1. The highest BCUT2D eigenvalue weighted by atomic mass is 35.5. The van der Waals surface area contributed by atoms with E-state index in [0.717, 1.165) is 5.56 Å². The molecule has 1 aliphatic rings. The first-order valence-electron chi connectivity index (χ1n) is 6.96. The molecule has 2 rings (SSSR count). The molecule has 0 aromatic heterocycles. The molecule has 0 saturated carbocycles. The molecule has 7 heteroatoms. The Labute approximate surface area is 131 Å². The summed E-state index contributed by atoms with van der Waals surface area (Å²) in [4.78, 5) is 2.39. The Morgan fingerprint density at radius 1 is 1.14 bits per heavy atom. The number of hydrogen-bond acceptors (Lipinski definition) is 4. The molecule has 1 heterocycles. The minimum atomic E-state index is -3.48. The predicted octanol–water partition coefficient (Wildman–Crippen LogP) is 1.26. The third-order valence-corrected chi connectivity index (χ3v) is 6.27. The minimum Gasteiger partial charge on any atom is -0.395 e. The highest BCUT2D eigenvalue weighted by Gasteiger charge is 2.29. The molecule has 1 fully saturated rings. The second kappa shape index (κ2) is 6.62. The first-order valence-corrected chi connectivity index (χ1v) is 8.78. The van der Waals surface area contributed by atoms with Crippen LogP contribution in [0.3, 0.4) is 0 Å². The number of aliphatic hydroxyl groups excluding tert-OH is 1. The molecule has 0 amide bonds. The number of sulfonamides is 1. The topological polar surface area (TPSA) is 60.9 Å². The van der Waals surface area contributed by atoms with Crippen molar-refractivity contribution in [3.8, 4) is 0 Å². The SMILES string of the molecule is Cc1cc(S(=O)(=O)N2CCN(CCO)CC2)c(C)cc1Cl. The molecular formula is C14H21ClN2O3S. The number of hydrogen-bond donors (Lipinski definition) is 1. The highest BCUT2D eigenvalue weighted by Crippen LogP contribution is 2.26. The molecule has 5 nitrogen and oxygen atoms in total. The van der Waals surface area contributed by atoms with Crippen molar-refractivity contribution in [3.63, 3.8) is 0 Å². The van der Waals surface area contributed by atoms with E-state index in [9.17, 15) is 8.42 Å². The van der Waals surface area contributed by atoms with Gasteiger partial charge in [0.15, 0.2) is 0 Å². The number of aliphatic hydroxyl groups is 1. The summed E-state index contributed by atoms with van der Waals surface area (Å²) in [7, 11) is -3.48. The van der Waals surface area contributed by atoms with Gasteiger partial charge in [0.1, 0.15) is 0 Å². The standard InChI is InChI=1S/C14H21ClN2O3S/c1-11-10-14(12(2)9-13(11)15)21(19,20)17-5-3-16(4-6-17)7-8-18/h9-10,18H,3-8H2,1-2H3. The number of aryl methyl sites for hydroxylation is 2. The van der Waals surface area contributed by atoms with Crippen LogP contribution >= 0.6 is 11.6 Å². The van der Waals surface area contributed by atoms with Gasteiger partial charge in [-0.3, -0.25) is 4.90 Å². The predicted molar refractivity (Wildman–Crippen MR) is 83.2 cm³/mol. The number of halogens is 1. The second-order valence-corrected chi connectivity index (χ2v) is 7.65. The summed E-state index contributed by atoms with van der Waals surface area (Å²) in [5, 5.41) is 9.51. The van der Waals surface area contributed by atoms with E-state index in [-0.39, 0.29) is 6.61 Å². The summed E-state index contributed by atoms with van der Waals surface area (Å²) in [5.74, 6) is 0. The van der Waals surface area contributed by atoms with Crippen molar-refractivity contribution >= 4 is 21.6 Å². The molecule has 1 aliphatic heterocycles. The summed E-state index contributed by atoms with van der Waals surface area (Å²) in [6, 6.07) is 3.35. The van der Waals surface area contributed by atoms with Crippen molar-refractivity contribution in [2.45, 2.75) is 18.7 Å². The number of nitrogens with zero attached hydrogens (tertiary/aromatic N) is 2. The Morgan fingerprint density at radius 3 is 2.33 bits per heavy atom. The van der Waals surface area contributed by atoms with E-state index in [0.29, 0.717) is 48.2 Å². The fraction of sp³-hybridized carbons (Fsp3) is 0.571. The summed E-state index contributed by atoms with van der Waals surface area (Å²) in [5.41, 5.74) is 1.43. The third-order valence-electron chi connectivity index (χ3n) is 3.82. The maximum Gasteiger partial charge on any atom is 0.243 e. The normalized spacial score (nSPS) is 18.1. The number of benzene rings is 1. The molecule has 0 radical (unpaired) electrons. The smallest absolute Gasteiger partial charge is 0.243 e. The van der Waals surface area contributed by atoms with Crippen molar-refractivity contribution in [1.29, 1.82) is 0 Å². The van der Waals surface area contributed by atoms with Crippen LogP contribution in [0.4, 0.5) is 0 Å². The van der Waals surface area contributed by atoms with Crippen molar-refractivity contribution in [2.24, 2.45) is 0 Å². The van der Waals surface area contributed by atoms with E-state index < -0.39 is 10.0 Å². The fourth-order valence-electron chi connectivity index (χ4n) is 2.51. The van der Waals surface area contributed by atoms with Crippen molar-refractivity contribution in [1.82, 2.24) is 9.21 Å². The van der Waals surface area contributed by atoms with E-state index in [1.807, 2.05) is 0 Å². The first-order chi connectivity index (χ1) is 9.86. The van der Waals surface area contributed by atoms with E-state index in [4.69, 9.17) is 16.7 Å². The Hall–Kier alpha value is -0.660. The average Bonchev–Trinajstić information content (AvgIpc) is 2.43. The maximum absolute atomic E-state index is 12.8. The van der Waals surface area contributed by atoms with Gasteiger partial charge in [-0.1, -0.05) is 11.6 Å². The Bertz CT molecular complexity index is 611. The summed E-state index contributed by atoms with van der Waals surface area (Å²) in [6.07, 6.45) is 0. The molecular weight excluding hydrogens is 312 g/mol. The van der Waals surface area contributed by atoms with Gasteiger partial charge in [0.25, 0.3) is 0 Å².